The van der Waals surface area contributed by atoms with E-state index in [0.29, 0.717) is 18.6 Å². The molecule has 0 spiro atoms. The van der Waals surface area contributed by atoms with Crippen LogP contribution in [0.1, 0.15) is 12.0 Å². The first-order valence-electron chi connectivity index (χ1n) is 7.02. The Morgan fingerprint density at radius 3 is 2.55 bits per heavy atom. The van der Waals surface area contributed by atoms with Crippen molar-refractivity contribution >= 4 is 23.8 Å². The Balaban J connectivity index is 2.01. The van der Waals surface area contributed by atoms with Crippen molar-refractivity contribution in [2.24, 2.45) is 0 Å². The van der Waals surface area contributed by atoms with Gasteiger partial charge >= 0.3 is 5.97 Å². The first-order valence-corrected chi connectivity index (χ1v) is 8.25. The number of hydrogen-bond donors (Lipinski definition) is 1. The third kappa shape index (κ3) is 3.02. The maximum absolute atomic E-state index is 11.2. The summed E-state index contributed by atoms with van der Waals surface area (Å²) in [7, 11) is 0. The lowest BCUT2D eigenvalue weighted by Gasteiger charge is -2.09. The number of fused-ring (bicyclic) bond motifs is 1. The molecule has 1 aliphatic rings. The number of rotatable bonds is 3. The Morgan fingerprint density at radius 1 is 1.14 bits per heavy atom. The van der Waals surface area contributed by atoms with Gasteiger partial charge in [-0.1, -0.05) is 18.2 Å². The molecule has 0 unspecified atom stereocenters. The maximum Gasteiger partial charge on any atom is 0.331 e. The van der Waals surface area contributed by atoms with E-state index in [1.165, 1.54) is 4.90 Å². The molecule has 0 saturated heterocycles. The standard InChI is InChI=1S/C18H16O3S/c1-22-16-5-2-12(3-6-16)13-4-7-17-15(10-13)11-14(18(19)20)8-9-21-17/h2-7,10-11H,8-9H2,1H3,(H,19,20). The fourth-order valence-electron chi connectivity index (χ4n) is 2.46. The Kier molecular flexibility index (Phi) is 4.20. The molecular weight excluding hydrogens is 296 g/mol. The van der Waals surface area contributed by atoms with Gasteiger partial charge in [0.2, 0.25) is 0 Å². The summed E-state index contributed by atoms with van der Waals surface area (Å²) < 4.78 is 5.64. The van der Waals surface area contributed by atoms with Gasteiger partial charge < -0.3 is 9.84 Å². The van der Waals surface area contributed by atoms with Gasteiger partial charge in [-0.2, -0.15) is 0 Å². The lowest BCUT2D eigenvalue weighted by atomic mass is 10.0. The van der Waals surface area contributed by atoms with Crippen molar-refractivity contribution in [2.45, 2.75) is 11.3 Å². The highest BCUT2D eigenvalue weighted by Gasteiger charge is 2.15. The molecule has 0 aromatic heterocycles. The second-order valence-corrected chi connectivity index (χ2v) is 5.93. The first-order chi connectivity index (χ1) is 10.7. The molecule has 3 rings (SSSR count). The van der Waals surface area contributed by atoms with Gasteiger partial charge in [0.25, 0.3) is 0 Å². The zero-order chi connectivity index (χ0) is 15.5. The number of benzene rings is 2. The predicted molar refractivity (Wildman–Crippen MR) is 89.4 cm³/mol. The first kappa shape index (κ1) is 14.7. The van der Waals surface area contributed by atoms with E-state index in [0.717, 1.165) is 22.4 Å². The maximum atomic E-state index is 11.2. The SMILES string of the molecule is CSc1ccc(-c2ccc3c(c2)C=C(C(=O)O)CCO3)cc1. The second-order valence-electron chi connectivity index (χ2n) is 5.05. The number of carboxylic acids is 1. The van der Waals surface area contributed by atoms with Crippen molar-refractivity contribution in [3.05, 3.63) is 53.6 Å². The Bertz CT molecular complexity index is 732. The van der Waals surface area contributed by atoms with Gasteiger partial charge in [-0.05, 0) is 47.7 Å². The number of carbonyl (C=O) groups is 1. The van der Waals surface area contributed by atoms with Crippen molar-refractivity contribution in [1.29, 1.82) is 0 Å². The van der Waals surface area contributed by atoms with E-state index in [-0.39, 0.29) is 0 Å². The quantitative estimate of drug-likeness (QED) is 0.857. The summed E-state index contributed by atoms with van der Waals surface area (Å²) in [5.41, 5.74) is 3.36. The van der Waals surface area contributed by atoms with Crippen LogP contribution in [0.25, 0.3) is 17.2 Å². The fourth-order valence-corrected chi connectivity index (χ4v) is 2.86. The highest BCUT2D eigenvalue weighted by molar-refractivity contribution is 7.98. The van der Waals surface area contributed by atoms with Crippen LogP contribution in [0.4, 0.5) is 0 Å². The monoisotopic (exact) mass is 312 g/mol. The lowest BCUT2D eigenvalue weighted by Crippen LogP contribution is -2.03. The number of carboxylic acid groups (broad SMARTS) is 1. The molecular formula is C18H16O3S. The molecule has 0 bridgehead atoms. The van der Waals surface area contributed by atoms with E-state index in [1.807, 2.05) is 24.5 Å². The second kappa shape index (κ2) is 6.28. The summed E-state index contributed by atoms with van der Waals surface area (Å²) in [6, 6.07) is 14.2. The molecule has 1 aliphatic heterocycles. The number of thioether (sulfide) groups is 1. The van der Waals surface area contributed by atoms with Gasteiger partial charge in [0, 0.05) is 22.5 Å². The average molecular weight is 312 g/mol. The van der Waals surface area contributed by atoms with Gasteiger partial charge in [-0.25, -0.2) is 4.79 Å². The zero-order valence-electron chi connectivity index (χ0n) is 12.2. The smallest absolute Gasteiger partial charge is 0.331 e. The van der Waals surface area contributed by atoms with Crippen LogP contribution >= 0.6 is 11.8 Å². The number of hydrogen-bond acceptors (Lipinski definition) is 3. The summed E-state index contributed by atoms with van der Waals surface area (Å²) in [5.74, 6) is -0.146. The van der Waals surface area contributed by atoms with Crippen LogP contribution in [0.3, 0.4) is 0 Å². The zero-order valence-corrected chi connectivity index (χ0v) is 13.0. The summed E-state index contributed by atoms with van der Waals surface area (Å²) in [5, 5.41) is 9.21. The summed E-state index contributed by atoms with van der Waals surface area (Å²) in [6.45, 7) is 0.396. The highest BCUT2D eigenvalue weighted by Crippen LogP contribution is 2.31. The van der Waals surface area contributed by atoms with Gasteiger partial charge in [-0.15, -0.1) is 11.8 Å². The molecule has 0 radical (unpaired) electrons. The minimum atomic E-state index is -0.883. The van der Waals surface area contributed by atoms with E-state index in [2.05, 4.69) is 24.3 Å². The largest absolute Gasteiger partial charge is 0.493 e. The molecule has 2 aromatic carbocycles. The molecule has 0 saturated carbocycles. The number of aliphatic carboxylic acids is 1. The van der Waals surface area contributed by atoms with Crippen molar-refractivity contribution < 1.29 is 14.6 Å². The average Bonchev–Trinajstić information content (AvgIpc) is 2.76. The molecule has 2 aromatic rings. The Morgan fingerprint density at radius 2 is 1.86 bits per heavy atom. The van der Waals surface area contributed by atoms with Crippen LogP contribution in [0.5, 0.6) is 5.75 Å². The molecule has 0 amide bonds. The van der Waals surface area contributed by atoms with Crippen molar-refractivity contribution in [1.82, 2.24) is 0 Å². The van der Waals surface area contributed by atoms with Crippen molar-refractivity contribution in [2.75, 3.05) is 12.9 Å². The Hall–Kier alpha value is -2.20. The molecule has 1 N–H and O–H groups in total. The van der Waals surface area contributed by atoms with Crippen LogP contribution in [0.2, 0.25) is 0 Å². The van der Waals surface area contributed by atoms with Gasteiger partial charge in [-0.3, -0.25) is 0 Å². The van der Waals surface area contributed by atoms with Crippen LogP contribution in [0.15, 0.2) is 52.9 Å². The minimum absolute atomic E-state index is 0.383. The van der Waals surface area contributed by atoms with E-state index < -0.39 is 5.97 Å². The lowest BCUT2D eigenvalue weighted by molar-refractivity contribution is -0.132. The van der Waals surface area contributed by atoms with Crippen LogP contribution in [-0.2, 0) is 4.79 Å². The summed E-state index contributed by atoms with van der Waals surface area (Å²) in [6.07, 6.45) is 4.18. The van der Waals surface area contributed by atoms with Crippen LogP contribution < -0.4 is 4.74 Å². The topological polar surface area (TPSA) is 46.5 Å². The van der Waals surface area contributed by atoms with Crippen LogP contribution in [0, 0.1) is 0 Å². The normalized spacial score (nSPS) is 13.6. The molecule has 0 atom stereocenters. The number of ether oxygens (including phenoxy) is 1. The molecule has 112 valence electrons. The van der Waals surface area contributed by atoms with Gasteiger partial charge in [0.1, 0.15) is 5.75 Å². The van der Waals surface area contributed by atoms with Crippen LogP contribution in [-0.4, -0.2) is 23.9 Å². The van der Waals surface area contributed by atoms with E-state index in [4.69, 9.17) is 4.74 Å². The Labute approximate surface area is 133 Å². The van der Waals surface area contributed by atoms with E-state index in [1.54, 1.807) is 17.8 Å². The van der Waals surface area contributed by atoms with Gasteiger partial charge in [0.15, 0.2) is 0 Å². The van der Waals surface area contributed by atoms with E-state index in [9.17, 15) is 9.90 Å². The molecule has 4 heteroatoms. The van der Waals surface area contributed by atoms with Gasteiger partial charge in [0.05, 0.1) is 6.61 Å². The molecule has 22 heavy (non-hydrogen) atoms. The predicted octanol–water partition coefficient (Wildman–Crippen LogP) is 4.33. The molecule has 0 aliphatic carbocycles. The molecule has 0 fully saturated rings. The highest BCUT2D eigenvalue weighted by atomic mass is 32.2. The minimum Gasteiger partial charge on any atom is -0.493 e. The molecule has 3 nitrogen and oxygen atoms in total. The third-order valence-electron chi connectivity index (χ3n) is 3.67. The fraction of sp³-hybridized carbons (Fsp3) is 0.167. The van der Waals surface area contributed by atoms with Crippen molar-refractivity contribution in [3.8, 4) is 16.9 Å². The molecule has 1 heterocycles. The third-order valence-corrected chi connectivity index (χ3v) is 4.41. The van der Waals surface area contributed by atoms with E-state index >= 15 is 0 Å². The summed E-state index contributed by atoms with van der Waals surface area (Å²) in [4.78, 5) is 12.4. The summed E-state index contributed by atoms with van der Waals surface area (Å²) >= 11 is 1.71. The van der Waals surface area contributed by atoms with Crippen molar-refractivity contribution in [3.63, 3.8) is 0 Å².